The van der Waals surface area contributed by atoms with Crippen molar-refractivity contribution >= 4 is 27.5 Å². The van der Waals surface area contributed by atoms with Gasteiger partial charge in [0.1, 0.15) is 22.9 Å². The summed E-state index contributed by atoms with van der Waals surface area (Å²) in [5.41, 5.74) is 6.17. The molecule has 214 valence electrons. The molecule has 0 saturated heterocycles. The molecule has 1 aliphatic rings. The molecule has 42 heavy (non-hydrogen) atoms. The van der Waals surface area contributed by atoms with E-state index in [1.807, 2.05) is 64.2 Å². The molecule has 1 aliphatic heterocycles. The Morgan fingerprint density at radius 1 is 1.10 bits per heavy atom. The van der Waals surface area contributed by atoms with Gasteiger partial charge >= 0.3 is 5.69 Å². The molecule has 0 unspecified atom stereocenters. The maximum atomic E-state index is 12.6. The third kappa shape index (κ3) is 4.87. The summed E-state index contributed by atoms with van der Waals surface area (Å²) >= 11 is 0. The van der Waals surface area contributed by atoms with Gasteiger partial charge in [-0.3, -0.25) is 14.8 Å². The zero-order chi connectivity index (χ0) is 29.8. The van der Waals surface area contributed by atoms with Crippen molar-refractivity contribution in [3.63, 3.8) is 0 Å². The Balaban J connectivity index is 1.72. The maximum absolute atomic E-state index is 12.6. The van der Waals surface area contributed by atoms with Gasteiger partial charge in [-0.15, -0.1) is 0 Å². The van der Waals surface area contributed by atoms with Crippen LogP contribution in [-0.2, 0) is 17.6 Å². The highest BCUT2D eigenvalue weighted by Gasteiger charge is 2.28. The number of benzene rings is 3. The summed E-state index contributed by atoms with van der Waals surface area (Å²) in [4.78, 5) is 36.0. The molecule has 0 bridgehead atoms. The van der Waals surface area contributed by atoms with E-state index in [9.17, 15) is 9.59 Å². The maximum Gasteiger partial charge on any atom is 0.347 e. The lowest BCUT2D eigenvalue weighted by Gasteiger charge is -2.28. The number of carbonyl (C=O) groups excluding carboxylic acids is 1. The van der Waals surface area contributed by atoms with E-state index >= 15 is 0 Å². The molecule has 3 heterocycles. The normalized spacial score (nSPS) is 12.8. The van der Waals surface area contributed by atoms with Gasteiger partial charge in [-0.1, -0.05) is 18.2 Å². The van der Waals surface area contributed by atoms with Crippen LogP contribution < -0.4 is 19.9 Å². The summed E-state index contributed by atoms with van der Waals surface area (Å²) in [5, 5.41) is 2.89. The van der Waals surface area contributed by atoms with Crippen LogP contribution in [0.5, 0.6) is 17.4 Å². The first-order valence-electron chi connectivity index (χ1n) is 14.0. The minimum atomic E-state index is -0.497. The Morgan fingerprint density at radius 3 is 2.64 bits per heavy atom. The molecular weight excluding hydrogens is 530 g/mol. The van der Waals surface area contributed by atoms with E-state index in [0.29, 0.717) is 23.8 Å². The lowest BCUT2D eigenvalue weighted by atomic mass is 9.85. The molecule has 6 rings (SSSR count). The van der Waals surface area contributed by atoms with E-state index in [0.717, 1.165) is 61.7 Å². The predicted octanol–water partition coefficient (Wildman–Crippen LogP) is 6.37. The fourth-order valence-electron chi connectivity index (χ4n) is 5.86. The molecule has 8 heteroatoms. The molecule has 0 radical (unpaired) electrons. The van der Waals surface area contributed by atoms with Gasteiger partial charge < -0.3 is 14.2 Å². The fourth-order valence-corrected chi connectivity index (χ4v) is 5.86. The van der Waals surface area contributed by atoms with Crippen LogP contribution in [0.3, 0.4) is 0 Å². The number of hydrogen-bond donors (Lipinski definition) is 1. The van der Waals surface area contributed by atoms with Gasteiger partial charge in [-0.05, 0) is 85.3 Å². The van der Waals surface area contributed by atoms with Crippen LogP contribution in [0.25, 0.3) is 43.9 Å². The molecular formula is C34H33N3O5. The molecule has 0 atom stereocenters. The average Bonchev–Trinajstić information content (AvgIpc) is 2.93. The standard InChI is InChI=1S/C34H33N3O5/c1-18-13-22-15-21(25-17-36-33(39)37-32(25)40-6)7-8-23(22)29(24(18)14-19(2)38)30-27(42-34(3,4)5)16-26-28-20(10-12-41-26)9-11-35-31(28)30/h7-9,11,13,15-17H,10,12,14H2,1-6H3,(H,36,37,39). The number of nitrogens with one attached hydrogen (secondary N) is 1. The van der Waals surface area contributed by atoms with E-state index in [1.54, 1.807) is 6.92 Å². The molecule has 0 fully saturated rings. The minimum Gasteiger partial charge on any atom is -0.492 e. The molecule has 0 saturated carbocycles. The zero-order valence-electron chi connectivity index (χ0n) is 24.7. The van der Waals surface area contributed by atoms with Crippen LogP contribution in [0.2, 0.25) is 0 Å². The molecule has 5 aromatic rings. The van der Waals surface area contributed by atoms with Crippen molar-refractivity contribution < 1.29 is 19.0 Å². The second kappa shape index (κ2) is 10.3. The monoisotopic (exact) mass is 563 g/mol. The van der Waals surface area contributed by atoms with Gasteiger partial charge in [0.2, 0.25) is 5.88 Å². The summed E-state index contributed by atoms with van der Waals surface area (Å²) < 4.78 is 18.2. The molecule has 0 aliphatic carbocycles. The number of aryl methyl sites for hydroxylation is 1. The number of aromatic nitrogens is 3. The third-order valence-corrected chi connectivity index (χ3v) is 7.51. The first kappa shape index (κ1) is 27.4. The highest BCUT2D eigenvalue weighted by atomic mass is 16.5. The van der Waals surface area contributed by atoms with E-state index in [-0.39, 0.29) is 12.2 Å². The summed E-state index contributed by atoms with van der Waals surface area (Å²) in [7, 11) is 1.51. The van der Waals surface area contributed by atoms with E-state index < -0.39 is 11.3 Å². The van der Waals surface area contributed by atoms with Crippen LogP contribution in [-0.4, -0.2) is 40.1 Å². The van der Waals surface area contributed by atoms with Crippen LogP contribution in [0.1, 0.15) is 44.4 Å². The Kier molecular flexibility index (Phi) is 6.72. The van der Waals surface area contributed by atoms with Gasteiger partial charge in [0.25, 0.3) is 0 Å². The largest absolute Gasteiger partial charge is 0.492 e. The number of pyridine rings is 1. The lowest BCUT2D eigenvalue weighted by molar-refractivity contribution is -0.116. The third-order valence-electron chi connectivity index (χ3n) is 7.51. The predicted molar refractivity (Wildman–Crippen MR) is 164 cm³/mol. The average molecular weight is 564 g/mol. The van der Waals surface area contributed by atoms with Crippen molar-refractivity contribution in [2.24, 2.45) is 0 Å². The van der Waals surface area contributed by atoms with Crippen molar-refractivity contribution in [2.45, 2.75) is 53.1 Å². The second-order valence-electron chi connectivity index (χ2n) is 11.8. The van der Waals surface area contributed by atoms with Gasteiger partial charge in [0.05, 0.1) is 30.4 Å². The summed E-state index contributed by atoms with van der Waals surface area (Å²) in [5.74, 6) is 1.82. The number of nitrogens with zero attached hydrogens (tertiary/aromatic N) is 2. The van der Waals surface area contributed by atoms with Gasteiger partial charge in [-0.2, -0.15) is 0 Å². The highest BCUT2D eigenvalue weighted by Crippen LogP contribution is 2.49. The number of rotatable bonds is 6. The van der Waals surface area contributed by atoms with Gasteiger partial charge in [0.15, 0.2) is 0 Å². The first-order valence-corrected chi connectivity index (χ1v) is 14.0. The topological polar surface area (TPSA) is 103 Å². The fraction of sp³-hybridized carbons (Fsp3) is 0.294. The minimum absolute atomic E-state index is 0.0664. The number of aromatic amines is 1. The molecule has 3 aromatic carbocycles. The Hall–Kier alpha value is -4.72. The number of ketones is 1. The van der Waals surface area contributed by atoms with Crippen molar-refractivity contribution in [2.75, 3.05) is 13.7 Å². The van der Waals surface area contributed by atoms with E-state index in [4.69, 9.17) is 19.2 Å². The lowest BCUT2D eigenvalue weighted by Crippen LogP contribution is -2.24. The van der Waals surface area contributed by atoms with Crippen molar-refractivity contribution in [3.8, 4) is 39.6 Å². The van der Waals surface area contributed by atoms with Gasteiger partial charge in [0, 0.05) is 36.7 Å². The number of H-pyrrole nitrogens is 1. The number of Topliss-reactive ketones (excluding diaryl/α,β-unsaturated/α-hetero) is 1. The molecule has 2 aromatic heterocycles. The van der Waals surface area contributed by atoms with Crippen LogP contribution in [0, 0.1) is 6.92 Å². The summed E-state index contributed by atoms with van der Waals surface area (Å²) in [6.45, 7) is 10.3. The molecule has 8 nitrogen and oxygen atoms in total. The Bertz CT molecular complexity index is 1950. The summed E-state index contributed by atoms with van der Waals surface area (Å²) in [6, 6.07) is 12.2. The van der Waals surface area contributed by atoms with E-state index in [2.05, 4.69) is 16.0 Å². The smallest absolute Gasteiger partial charge is 0.347 e. The number of hydrogen-bond acceptors (Lipinski definition) is 7. The molecule has 0 amide bonds. The van der Waals surface area contributed by atoms with Crippen molar-refractivity contribution in [1.82, 2.24) is 15.0 Å². The number of methoxy groups -OCH3 is 1. The Labute approximate surface area is 243 Å². The van der Waals surface area contributed by atoms with Crippen LogP contribution >= 0.6 is 0 Å². The molecule has 0 spiro atoms. The second-order valence-corrected chi connectivity index (χ2v) is 11.8. The molecule has 1 N–H and O–H groups in total. The summed E-state index contributed by atoms with van der Waals surface area (Å²) in [6.07, 6.45) is 4.42. The first-order chi connectivity index (χ1) is 20.0. The van der Waals surface area contributed by atoms with E-state index in [1.165, 1.54) is 18.9 Å². The van der Waals surface area contributed by atoms with Crippen molar-refractivity contribution in [3.05, 3.63) is 76.0 Å². The quantitative estimate of drug-likeness (QED) is 0.256. The number of fused-ring (bicyclic) bond motifs is 1. The van der Waals surface area contributed by atoms with Crippen LogP contribution in [0.4, 0.5) is 0 Å². The Morgan fingerprint density at radius 2 is 1.90 bits per heavy atom. The number of ether oxygens (including phenoxy) is 3. The van der Waals surface area contributed by atoms with Crippen molar-refractivity contribution in [1.29, 1.82) is 0 Å². The highest BCUT2D eigenvalue weighted by molar-refractivity contribution is 6.11. The van der Waals surface area contributed by atoms with Crippen LogP contribution in [0.15, 0.2) is 53.6 Å². The van der Waals surface area contributed by atoms with Gasteiger partial charge in [-0.25, -0.2) is 9.78 Å². The number of carbonyl (C=O) groups is 1. The SMILES string of the molecule is COc1[nH]c(=O)ncc1-c1ccc2c(-c3c(OC(C)(C)C)cc4c5c(ccnc35)CCO4)c(CC(C)=O)c(C)cc2c1. The zero-order valence-corrected chi connectivity index (χ0v) is 24.7.